The maximum atomic E-state index is 12.8. The quantitative estimate of drug-likeness (QED) is 0.394. The average molecular weight is 447 g/mol. The van der Waals surface area contributed by atoms with Crippen LogP contribution in [0.1, 0.15) is 60.8 Å². The van der Waals surface area contributed by atoms with Gasteiger partial charge in [0.15, 0.2) is 0 Å². The Bertz CT molecular complexity index is 790. The van der Waals surface area contributed by atoms with Gasteiger partial charge in [-0.05, 0) is 42.4 Å². The van der Waals surface area contributed by atoms with Crippen LogP contribution in [-0.4, -0.2) is 36.2 Å². The fourth-order valence-corrected chi connectivity index (χ4v) is 3.06. The molecule has 0 aliphatic carbocycles. The molecular formula is C24H38N4O4. The molecular weight excluding hydrogens is 408 g/mol. The van der Waals surface area contributed by atoms with E-state index in [-0.39, 0.29) is 47.9 Å². The third kappa shape index (κ3) is 11.5. The summed E-state index contributed by atoms with van der Waals surface area (Å²) in [5.41, 5.74) is 0.999. The topological polar surface area (TPSA) is 116 Å². The molecule has 8 nitrogen and oxygen atoms in total. The number of anilines is 2. The summed E-state index contributed by atoms with van der Waals surface area (Å²) >= 11 is 0. The van der Waals surface area contributed by atoms with Crippen molar-refractivity contribution in [2.45, 2.75) is 66.8 Å². The summed E-state index contributed by atoms with van der Waals surface area (Å²) in [6.07, 6.45) is 1.24. The molecule has 1 aromatic carbocycles. The summed E-state index contributed by atoms with van der Waals surface area (Å²) in [5.74, 6) is -0.347. The second kappa shape index (κ2) is 13.5. The zero-order valence-electron chi connectivity index (χ0n) is 20.1. The highest BCUT2D eigenvalue weighted by Crippen LogP contribution is 2.16. The lowest BCUT2D eigenvalue weighted by Crippen LogP contribution is -2.44. The molecule has 4 N–H and O–H groups in total. The first kappa shape index (κ1) is 27.1. The third-order valence-corrected chi connectivity index (χ3v) is 4.41. The molecule has 32 heavy (non-hydrogen) atoms. The van der Waals surface area contributed by atoms with Gasteiger partial charge >= 0.3 is 0 Å². The molecule has 1 aromatic rings. The molecule has 0 bridgehead atoms. The molecule has 178 valence electrons. The Hall–Kier alpha value is -2.90. The van der Waals surface area contributed by atoms with Gasteiger partial charge in [0.05, 0.1) is 6.54 Å². The molecule has 1 atom stereocenters. The summed E-state index contributed by atoms with van der Waals surface area (Å²) in [7, 11) is 0. The van der Waals surface area contributed by atoms with Gasteiger partial charge in [-0.2, -0.15) is 0 Å². The summed E-state index contributed by atoms with van der Waals surface area (Å²) in [5, 5.41) is 10.9. The van der Waals surface area contributed by atoms with Crippen molar-refractivity contribution in [2.24, 2.45) is 17.8 Å². The molecule has 0 radical (unpaired) electrons. The van der Waals surface area contributed by atoms with E-state index in [0.717, 1.165) is 0 Å². The van der Waals surface area contributed by atoms with Crippen molar-refractivity contribution in [1.82, 2.24) is 10.6 Å². The largest absolute Gasteiger partial charge is 0.347 e. The Morgan fingerprint density at radius 1 is 0.750 bits per heavy atom. The van der Waals surface area contributed by atoms with Gasteiger partial charge in [-0.15, -0.1) is 0 Å². The van der Waals surface area contributed by atoms with Crippen LogP contribution < -0.4 is 21.3 Å². The molecule has 0 saturated heterocycles. The number of hydrogen-bond acceptors (Lipinski definition) is 4. The molecule has 0 aromatic heterocycles. The van der Waals surface area contributed by atoms with Crippen LogP contribution in [0, 0.1) is 17.8 Å². The molecule has 0 aliphatic heterocycles. The highest BCUT2D eigenvalue weighted by Gasteiger charge is 2.22. The number of carbonyl (C=O) groups excluding carboxylic acids is 4. The molecule has 0 heterocycles. The van der Waals surface area contributed by atoms with Crippen molar-refractivity contribution in [3.05, 3.63) is 24.3 Å². The number of hydrogen-bond donors (Lipinski definition) is 4. The van der Waals surface area contributed by atoms with Crippen molar-refractivity contribution >= 4 is 35.0 Å². The Balaban J connectivity index is 2.71. The van der Waals surface area contributed by atoms with Gasteiger partial charge in [0.1, 0.15) is 6.04 Å². The Morgan fingerprint density at radius 3 is 1.88 bits per heavy atom. The minimum Gasteiger partial charge on any atom is -0.347 e. The fourth-order valence-electron chi connectivity index (χ4n) is 3.06. The van der Waals surface area contributed by atoms with Crippen LogP contribution in [0.2, 0.25) is 0 Å². The number of nitrogens with one attached hydrogen (secondary N) is 4. The van der Waals surface area contributed by atoms with Gasteiger partial charge in [-0.3, -0.25) is 19.2 Å². The van der Waals surface area contributed by atoms with E-state index in [1.807, 2.05) is 41.5 Å². The summed E-state index contributed by atoms with van der Waals surface area (Å²) in [4.78, 5) is 48.8. The minimum absolute atomic E-state index is 0.125. The molecule has 0 fully saturated rings. The fraction of sp³-hybridized carbons (Fsp3) is 0.583. The van der Waals surface area contributed by atoms with E-state index >= 15 is 0 Å². The van der Waals surface area contributed by atoms with E-state index in [4.69, 9.17) is 0 Å². The molecule has 0 aliphatic rings. The highest BCUT2D eigenvalue weighted by atomic mass is 16.2. The van der Waals surface area contributed by atoms with Crippen LogP contribution in [0.25, 0.3) is 0 Å². The average Bonchev–Trinajstić information content (AvgIpc) is 2.64. The zero-order chi connectivity index (χ0) is 24.3. The second-order valence-corrected chi connectivity index (χ2v) is 9.34. The molecule has 0 saturated carbocycles. The lowest BCUT2D eigenvalue weighted by molar-refractivity contribution is -0.127. The number of carbonyl (C=O) groups is 4. The predicted molar refractivity (Wildman–Crippen MR) is 127 cm³/mol. The van der Waals surface area contributed by atoms with Gasteiger partial charge < -0.3 is 21.3 Å². The van der Waals surface area contributed by atoms with E-state index in [2.05, 4.69) is 21.3 Å². The Kier molecular flexibility index (Phi) is 11.4. The maximum Gasteiger partial charge on any atom is 0.246 e. The first-order valence-electron chi connectivity index (χ1n) is 11.2. The van der Waals surface area contributed by atoms with Gasteiger partial charge in [-0.1, -0.05) is 47.6 Å². The van der Waals surface area contributed by atoms with E-state index in [0.29, 0.717) is 30.6 Å². The lowest BCUT2D eigenvalue weighted by Gasteiger charge is -2.21. The van der Waals surface area contributed by atoms with Gasteiger partial charge in [0.2, 0.25) is 23.6 Å². The van der Waals surface area contributed by atoms with Crippen LogP contribution in [0.5, 0.6) is 0 Å². The van der Waals surface area contributed by atoms with Crippen molar-refractivity contribution in [2.75, 3.05) is 17.2 Å². The van der Waals surface area contributed by atoms with Crippen molar-refractivity contribution < 1.29 is 19.2 Å². The van der Waals surface area contributed by atoms with Crippen LogP contribution in [0.3, 0.4) is 0 Å². The van der Waals surface area contributed by atoms with Crippen LogP contribution in [0.15, 0.2) is 24.3 Å². The monoisotopic (exact) mass is 446 g/mol. The Labute approximate surface area is 191 Å². The van der Waals surface area contributed by atoms with E-state index < -0.39 is 6.04 Å². The van der Waals surface area contributed by atoms with Gasteiger partial charge in [-0.25, -0.2) is 0 Å². The van der Waals surface area contributed by atoms with E-state index in [9.17, 15) is 19.2 Å². The van der Waals surface area contributed by atoms with Gasteiger partial charge in [0, 0.05) is 24.2 Å². The summed E-state index contributed by atoms with van der Waals surface area (Å²) in [6.45, 7) is 11.6. The van der Waals surface area contributed by atoms with E-state index in [1.54, 1.807) is 24.3 Å². The van der Waals surface area contributed by atoms with Gasteiger partial charge in [0.25, 0.3) is 0 Å². The van der Waals surface area contributed by atoms with Crippen LogP contribution >= 0.6 is 0 Å². The highest BCUT2D eigenvalue weighted by molar-refractivity contribution is 5.99. The molecule has 8 heteroatoms. The van der Waals surface area contributed by atoms with Crippen molar-refractivity contribution in [1.29, 1.82) is 0 Å². The number of amides is 4. The predicted octanol–water partition coefficient (Wildman–Crippen LogP) is 3.30. The molecule has 1 rings (SSSR count). The maximum absolute atomic E-state index is 12.8. The number of benzene rings is 1. The van der Waals surface area contributed by atoms with Crippen LogP contribution in [-0.2, 0) is 19.2 Å². The van der Waals surface area contributed by atoms with E-state index in [1.165, 1.54) is 0 Å². The SMILES string of the molecule is CC(C)CC(=O)NCC(=O)Nc1cccc(NC(=O)[C@H](CC(C)C)NC(=O)CC(C)C)c1. The number of rotatable bonds is 12. The normalized spacial score (nSPS) is 11.9. The molecule has 0 unspecified atom stereocenters. The van der Waals surface area contributed by atoms with Crippen LogP contribution in [0.4, 0.5) is 11.4 Å². The summed E-state index contributed by atoms with van der Waals surface area (Å²) in [6, 6.07) is 6.10. The first-order valence-corrected chi connectivity index (χ1v) is 11.2. The zero-order valence-corrected chi connectivity index (χ0v) is 20.1. The summed E-state index contributed by atoms with van der Waals surface area (Å²) < 4.78 is 0. The smallest absolute Gasteiger partial charge is 0.246 e. The minimum atomic E-state index is -0.643. The van der Waals surface area contributed by atoms with Crippen molar-refractivity contribution in [3.63, 3.8) is 0 Å². The van der Waals surface area contributed by atoms with Crippen molar-refractivity contribution in [3.8, 4) is 0 Å². The first-order chi connectivity index (χ1) is 15.0. The lowest BCUT2D eigenvalue weighted by atomic mass is 10.0. The molecule has 0 spiro atoms. The third-order valence-electron chi connectivity index (χ3n) is 4.41. The Morgan fingerprint density at radius 2 is 1.31 bits per heavy atom. The second-order valence-electron chi connectivity index (χ2n) is 9.34. The standard InChI is InChI=1S/C24H38N4O4/c1-15(2)10-20(28-22(30)12-17(5)6)24(32)27-19-9-7-8-18(13-19)26-23(31)14-25-21(29)11-16(3)4/h7-9,13,15-17,20H,10-12,14H2,1-6H3,(H,25,29)(H,26,31)(H,27,32)(H,28,30)/t20-/m0/s1. The molecule has 4 amide bonds.